The molecule has 0 fully saturated rings. The molecule has 0 aliphatic carbocycles. The predicted molar refractivity (Wildman–Crippen MR) is 140 cm³/mol. The standard InChI is InChI=1S/C27H22N4O3S/c1-2-34-23-13-12-19-10-6-7-11-20(19)21(23)14-29-30-24(32)15-31-17-28-26-25(27(31)33)22(16-35-26)18-8-4-3-5-9-18/h3-14,16-17H,2,15H2,1H3,(H,30,32)/b29-14-. The molecule has 3 aromatic carbocycles. The number of ether oxygens (including phenoxy) is 1. The molecular weight excluding hydrogens is 460 g/mol. The van der Waals surface area contributed by atoms with E-state index in [4.69, 9.17) is 4.74 Å². The number of hydrazone groups is 1. The van der Waals surface area contributed by atoms with Crippen LogP contribution in [0.5, 0.6) is 5.75 Å². The molecular formula is C27H22N4O3S. The molecule has 174 valence electrons. The minimum atomic E-state index is -0.431. The van der Waals surface area contributed by atoms with Crippen LogP contribution >= 0.6 is 11.3 Å². The molecule has 0 spiro atoms. The second-order valence-corrected chi connectivity index (χ2v) is 8.66. The molecule has 5 aromatic rings. The van der Waals surface area contributed by atoms with Crippen LogP contribution in [-0.4, -0.2) is 28.3 Å². The summed E-state index contributed by atoms with van der Waals surface area (Å²) in [7, 11) is 0. The van der Waals surface area contributed by atoms with E-state index in [1.807, 2.05) is 79.0 Å². The van der Waals surface area contributed by atoms with E-state index in [1.165, 1.54) is 22.2 Å². The first-order chi connectivity index (χ1) is 17.2. The molecule has 0 aliphatic rings. The number of benzene rings is 3. The van der Waals surface area contributed by atoms with Crippen LogP contribution in [0.15, 0.2) is 88.3 Å². The van der Waals surface area contributed by atoms with Crippen molar-refractivity contribution in [1.82, 2.24) is 15.0 Å². The maximum absolute atomic E-state index is 13.2. The van der Waals surface area contributed by atoms with Gasteiger partial charge in [-0.2, -0.15) is 5.10 Å². The van der Waals surface area contributed by atoms with Gasteiger partial charge in [0.1, 0.15) is 17.1 Å². The molecule has 0 aliphatic heterocycles. The minimum Gasteiger partial charge on any atom is -0.493 e. The van der Waals surface area contributed by atoms with Crippen LogP contribution in [-0.2, 0) is 11.3 Å². The number of rotatable bonds is 7. The van der Waals surface area contributed by atoms with Crippen molar-refractivity contribution in [3.63, 3.8) is 0 Å². The SMILES string of the molecule is CCOc1ccc2ccccc2c1/C=N\NC(=O)Cn1cnc2scc(-c3ccccc3)c2c1=O. The summed E-state index contributed by atoms with van der Waals surface area (Å²) < 4.78 is 7.04. The fourth-order valence-electron chi connectivity index (χ4n) is 3.96. The van der Waals surface area contributed by atoms with Crippen molar-refractivity contribution in [2.24, 2.45) is 5.10 Å². The van der Waals surface area contributed by atoms with Gasteiger partial charge in [-0.05, 0) is 29.3 Å². The highest BCUT2D eigenvalue weighted by molar-refractivity contribution is 7.17. The first-order valence-corrected chi connectivity index (χ1v) is 12.0. The second kappa shape index (κ2) is 9.90. The first kappa shape index (κ1) is 22.5. The van der Waals surface area contributed by atoms with Crippen LogP contribution in [0.25, 0.3) is 32.1 Å². The van der Waals surface area contributed by atoms with E-state index in [1.54, 1.807) is 6.21 Å². The Kier molecular flexibility index (Phi) is 6.36. The van der Waals surface area contributed by atoms with Gasteiger partial charge in [0.05, 0.1) is 24.5 Å². The third-order valence-corrected chi connectivity index (χ3v) is 6.46. The summed E-state index contributed by atoms with van der Waals surface area (Å²) in [6, 6.07) is 21.4. The lowest BCUT2D eigenvalue weighted by Gasteiger charge is -2.10. The highest BCUT2D eigenvalue weighted by atomic mass is 32.1. The average Bonchev–Trinajstić information content (AvgIpc) is 3.32. The lowest BCUT2D eigenvalue weighted by Crippen LogP contribution is -2.30. The summed E-state index contributed by atoms with van der Waals surface area (Å²) in [6.45, 7) is 2.23. The largest absolute Gasteiger partial charge is 0.493 e. The first-order valence-electron chi connectivity index (χ1n) is 11.1. The molecule has 1 N–H and O–H groups in total. The van der Waals surface area contributed by atoms with Gasteiger partial charge >= 0.3 is 0 Å². The van der Waals surface area contributed by atoms with Crippen LogP contribution in [0.1, 0.15) is 12.5 Å². The van der Waals surface area contributed by atoms with Crippen molar-refractivity contribution in [3.05, 3.63) is 94.4 Å². The van der Waals surface area contributed by atoms with Gasteiger partial charge in [-0.1, -0.05) is 60.7 Å². The topological polar surface area (TPSA) is 85.6 Å². The summed E-state index contributed by atoms with van der Waals surface area (Å²) in [5, 5.41) is 8.58. The van der Waals surface area contributed by atoms with Crippen LogP contribution < -0.4 is 15.7 Å². The Hall–Kier alpha value is -4.30. The zero-order valence-electron chi connectivity index (χ0n) is 19.0. The lowest BCUT2D eigenvalue weighted by molar-refractivity contribution is -0.121. The van der Waals surface area contributed by atoms with Gasteiger partial charge in [0.2, 0.25) is 0 Å². The maximum Gasteiger partial charge on any atom is 0.263 e. The van der Waals surface area contributed by atoms with Crippen molar-refractivity contribution in [3.8, 4) is 16.9 Å². The number of carbonyl (C=O) groups excluding carboxylic acids is 1. The van der Waals surface area contributed by atoms with E-state index in [0.29, 0.717) is 22.6 Å². The van der Waals surface area contributed by atoms with Gasteiger partial charge in [0.25, 0.3) is 11.5 Å². The van der Waals surface area contributed by atoms with Gasteiger partial charge < -0.3 is 4.74 Å². The van der Waals surface area contributed by atoms with Crippen LogP contribution in [0.4, 0.5) is 0 Å². The number of nitrogens with one attached hydrogen (secondary N) is 1. The van der Waals surface area contributed by atoms with Gasteiger partial charge in [0.15, 0.2) is 0 Å². The Morgan fingerprint density at radius 2 is 1.91 bits per heavy atom. The molecule has 0 saturated heterocycles. The molecule has 0 bridgehead atoms. The van der Waals surface area contributed by atoms with Gasteiger partial charge in [-0.3, -0.25) is 14.2 Å². The zero-order chi connectivity index (χ0) is 24.2. The third-order valence-electron chi connectivity index (χ3n) is 5.57. The number of fused-ring (bicyclic) bond motifs is 2. The number of aromatic nitrogens is 2. The number of amides is 1. The summed E-state index contributed by atoms with van der Waals surface area (Å²) >= 11 is 1.41. The Morgan fingerprint density at radius 1 is 1.11 bits per heavy atom. The normalized spacial score (nSPS) is 11.3. The molecule has 1 amide bonds. The Bertz CT molecular complexity index is 1610. The molecule has 2 aromatic heterocycles. The van der Waals surface area contributed by atoms with Crippen LogP contribution in [0.2, 0.25) is 0 Å². The summed E-state index contributed by atoms with van der Waals surface area (Å²) in [4.78, 5) is 30.8. The molecule has 2 heterocycles. The number of thiophene rings is 1. The van der Waals surface area contributed by atoms with E-state index < -0.39 is 5.91 Å². The van der Waals surface area contributed by atoms with Gasteiger partial charge in [0, 0.05) is 16.5 Å². The lowest BCUT2D eigenvalue weighted by atomic mass is 10.0. The Labute approximate surface area is 205 Å². The third kappa shape index (κ3) is 4.56. The molecule has 35 heavy (non-hydrogen) atoms. The molecule has 0 atom stereocenters. The number of nitrogens with zero attached hydrogens (tertiary/aromatic N) is 3. The van der Waals surface area contributed by atoms with Crippen molar-refractivity contribution in [2.75, 3.05) is 6.61 Å². The fourth-order valence-corrected chi connectivity index (χ4v) is 4.87. The minimum absolute atomic E-state index is 0.197. The second-order valence-electron chi connectivity index (χ2n) is 7.80. The highest BCUT2D eigenvalue weighted by Crippen LogP contribution is 2.30. The quantitative estimate of drug-likeness (QED) is 0.266. The molecule has 5 rings (SSSR count). The molecule has 0 saturated carbocycles. The number of hydrogen-bond acceptors (Lipinski definition) is 6. The monoisotopic (exact) mass is 482 g/mol. The average molecular weight is 483 g/mol. The summed E-state index contributed by atoms with van der Waals surface area (Å²) in [5.74, 6) is 0.250. The summed E-state index contributed by atoms with van der Waals surface area (Å²) in [6.07, 6.45) is 2.97. The van der Waals surface area contributed by atoms with Crippen molar-refractivity contribution in [2.45, 2.75) is 13.5 Å². The maximum atomic E-state index is 13.2. The van der Waals surface area contributed by atoms with Crippen LogP contribution in [0.3, 0.4) is 0 Å². The van der Waals surface area contributed by atoms with E-state index in [-0.39, 0.29) is 12.1 Å². The van der Waals surface area contributed by atoms with E-state index in [2.05, 4.69) is 15.5 Å². The van der Waals surface area contributed by atoms with E-state index >= 15 is 0 Å². The van der Waals surface area contributed by atoms with E-state index in [9.17, 15) is 9.59 Å². The van der Waals surface area contributed by atoms with E-state index in [0.717, 1.165) is 27.5 Å². The number of hydrogen-bond donors (Lipinski definition) is 1. The highest BCUT2D eigenvalue weighted by Gasteiger charge is 2.14. The number of carbonyl (C=O) groups is 1. The smallest absolute Gasteiger partial charge is 0.263 e. The Balaban J connectivity index is 1.38. The van der Waals surface area contributed by atoms with Crippen molar-refractivity contribution >= 4 is 44.4 Å². The molecule has 0 unspecified atom stereocenters. The van der Waals surface area contributed by atoms with Gasteiger partial charge in [-0.15, -0.1) is 11.3 Å². The summed E-state index contributed by atoms with van der Waals surface area (Å²) in [5.41, 5.74) is 4.78. The van der Waals surface area contributed by atoms with Gasteiger partial charge in [-0.25, -0.2) is 10.4 Å². The molecule has 7 nitrogen and oxygen atoms in total. The predicted octanol–water partition coefficient (Wildman–Crippen LogP) is 4.83. The Morgan fingerprint density at radius 3 is 2.74 bits per heavy atom. The van der Waals surface area contributed by atoms with Crippen molar-refractivity contribution < 1.29 is 9.53 Å². The fraction of sp³-hybridized carbons (Fsp3) is 0.111. The van der Waals surface area contributed by atoms with Crippen molar-refractivity contribution in [1.29, 1.82) is 0 Å². The molecule has 8 heteroatoms. The molecule has 0 radical (unpaired) electrons. The zero-order valence-corrected chi connectivity index (χ0v) is 19.8. The van der Waals surface area contributed by atoms with Crippen LogP contribution in [0, 0.1) is 0 Å².